The number of aliphatic hydroxyl groups excluding tert-OH is 1. The quantitative estimate of drug-likeness (QED) is 0.872. The minimum Gasteiger partial charge on any atom is -0.389 e. The fraction of sp³-hybridized carbons (Fsp3) is 0.533. The van der Waals surface area contributed by atoms with Crippen molar-refractivity contribution in [3.63, 3.8) is 0 Å². The zero-order valence-electron chi connectivity index (χ0n) is 11.8. The summed E-state index contributed by atoms with van der Waals surface area (Å²) in [6, 6.07) is 7.90. The molecule has 2 N–H and O–H groups in total. The predicted molar refractivity (Wildman–Crippen MR) is 76.1 cm³/mol. The van der Waals surface area contributed by atoms with Crippen molar-refractivity contribution in [1.29, 1.82) is 0 Å². The van der Waals surface area contributed by atoms with Gasteiger partial charge in [0.1, 0.15) is 0 Å². The van der Waals surface area contributed by atoms with E-state index in [1.54, 1.807) is 14.0 Å². The van der Waals surface area contributed by atoms with Gasteiger partial charge in [-0.15, -0.1) is 0 Å². The van der Waals surface area contributed by atoms with Crippen LogP contribution in [-0.2, 0) is 4.79 Å². The summed E-state index contributed by atoms with van der Waals surface area (Å²) >= 11 is 0. The number of nitrogens with zero attached hydrogens (tertiary/aromatic N) is 1. The Morgan fingerprint density at radius 2 is 2.05 bits per heavy atom. The van der Waals surface area contributed by atoms with E-state index in [4.69, 9.17) is 0 Å². The van der Waals surface area contributed by atoms with Crippen LogP contribution in [0.15, 0.2) is 24.3 Å². The molecule has 1 heterocycles. The van der Waals surface area contributed by atoms with Crippen LogP contribution in [0.5, 0.6) is 0 Å². The van der Waals surface area contributed by atoms with Gasteiger partial charge >= 0.3 is 0 Å². The molecule has 104 valence electrons. The van der Waals surface area contributed by atoms with Gasteiger partial charge in [-0.2, -0.15) is 0 Å². The third-order valence-electron chi connectivity index (χ3n) is 3.99. The average molecular weight is 262 g/mol. The van der Waals surface area contributed by atoms with Crippen LogP contribution < -0.4 is 10.2 Å². The van der Waals surface area contributed by atoms with E-state index in [-0.39, 0.29) is 11.3 Å². The SMILES string of the molecule is CNC(=O)C1(C)CCN(c2ccc([C@H](C)O)cc2)C1. The number of aliphatic hydroxyl groups is 1. The van der Waals surface area contributed by atoms with Gasteiger partial charge in [0.25, 0.3) is 0 Å². The van der Waals surface area contributed by atoms with Crippen LogP contribution in [0.1, 0.15) is 31.9 Å². The summed E-state index contributed by atoms with van der Waals surface area (Å²) in [5.74, 6) is 0.107. The Hall–Kier alpha value is -1.55. The summed E-state index contributed by atoms with van der Waals surface area (Å²) in [7, 11) is 1.69. The van der Waals surface area contributed by atoms with Gasteiger partial charge in [0.05, 0.1) is 11.5 Å². The number of carbonyl (C=O) groups excluding carboxylic acids is 1. The normalized spacial score (nSPS) is 24.3. The van der Waals surface area contributed by atoms with Gasteiger partial charge in [-0.05, 0) is 38.0 Å². The number of rotatable bonds is 3. The van der Waals surface area contributed by atoms with E-state index in [9.17, 15) is 9.90 Å². The van der Waals surface area contributed by atoms with E-state index >= 15 is 0 Å². The molecule has 2 atom stereocenters. The van der Waals surface area contributed by atoms with E-state index in [0.29, 0.717) is 0 Å². The maximum absolute atomic E-state index is 11.9. The first-order chi connectivity index (χ1) is 8.96. The third kappa shape index (κ3) is 2.73. The Morgan fingerprint density at radius 3 is 2.58 bits per heavy atom. The summed E-state index contributed by atoms with van der Waals surface area (Å²) in [6.07, 6.45) is 0.425. The van der Waals surface area contributed by atoms with Gasteiger partial charge < -0.3 is 15.3 Å². The lowest BCUT2D eigenvalue weighted by molar-refractivity contribution is -0.128. The lowest BCUT2D eigenvalue weighted by atomic mass is 9.89. The number of benzene rings is 1. The summed E-state index contributed by atoms with van der Waals surface area (Å²) < 4.78 is 0. The standard InChI is InChI=1S/C15H22N2O2/c1-11(18)12-4-6-13(7-5-12)17-9-8-15(2,10-17)14(19)16-3/h4-7,11,18H,8-10H2,1-3H3,(H,16,19)/t11-,15?/m0/s1. The number of nitrogens with one attached hydrogen (secondary N) is 1. The maximum Gasteiger partial charge on any atom is 0.227 e. The fourth-order valence-corrected chi connectivity index (χ4v) is 2.63. The highest BCUT2D eigenvalue weighted by molar-refractivity contribution is 5.83. The number of hydrogen-bond acceptors (Lipinski definition) is 3. The van der Waals surface area contributed by atoms with E-state index in [2.05, 4.69) is 10.2 Å². The van der Waals surface area contributed by atoms with Gasteiger partial charge in [-0.1, -0.05) is 12.1 Å². The third-order valence-corrected chi connectivity index (χ3v) is 3.99. The second-order valence-electron chi connectivity index (χ2n) is 5.58. The van der Waals surface area contributed by atoms with Crippen LogP contribution in [0.4, 0.5) is 5.69 Å². The molecular weight excluding hydrogens is 240 g/mol. The summed E-state index contributed by atoms with van der Waals surface area (Å²) in [5, 5.41) is 12.2. The van der Waals surface area contributed by atoms with Crippen molar-refractivity contribution in [2.75, 3.05) is 25.0 Å². The smallest absolute Gasteiger partial charge is 0.227 e. The molecule has 0 aliphatic carbocycles. The Kier molecular flexibility index (Phi) is 3.80. The number of amides is 1. The first kappa shape index (κ1) is 13.9. The molecule has 4 heteroatoms. The Bertz CT molecular complexity index is 456. The molecule has 4 nitrogen and oxygen atoms in total. The van der Waals surface area contributed by atoms with Crippen molar-refractivity contribution in [2.24, 2.45) is 5.41 Å². The highest BCUT2D eigenvalue weighted by Crippen LogP contribution is 2.33. The van der Waals surface area contributed by atoms with Crippen LogP contribution >= 0.6 is 0 Å². The number of anilines is 1. The molecular formula is C15H22N2O2. The maximum atomic E-state index is 11.9. The number of hydrogen-bond donors (Lipinski definition) is 2. The van der Waals surface area contributed by atoms with E-state index in [1.807, 2.05) is 31.2 Å². The topological polar surface area (TPSA) is 52.6 Å². The van der Waals surface area contributed by atoms with Crippen molar-refractivity contribution >= 4 is 11.6 Å². The monoisotopic (exact) mass is 262 g/mol. The molecule has 1 aliphatic heterocycles. The molecule has 0 aromatic heterocycles. The van der Waals surface area contributed by atoms with E-state index in [0.717, 1.165) is 30.8 Å². The van der Waals surface area contributed by atoms with Crippen LogP contribution in [0, 0.1) is 5.41 Å². The number of carbonyl (C=O) groups is 1. The Balaban J connectivity index is 2.10. The van der Waals surface area contributed by atoms with Crippen molar-refractivity contribution in [1.82, 2.24) is 5.32 Å². The summed E-state index contributed by atoms with van der Waals surface area (Å²) in [6.45, 7) is 5.39. The van der Waals surface area contributed by atoms with Crippen LogP contribution in [0.25, 0.3) is 0 Å². The van der Waals surface area contributed by atoms with Gasteiger partial charge in [0.15, 0.2) is 0 Å². The molecule has 1 aromatic rings. The van der Waals surface area contributed by atoms with Gasteiger partial charge in [-0.3, -0.25) is 4.79 Å². The van der Waals surface area contributed by atoms with Gasteiger partial charge in [0.2, 0.25) is 5.91 Å². The first-order valence-corrected chi connectivity index (χ1v) is 6.71. The molecule has 1 unspecified atom stereocenters. The van der Waals surface area contributed by atoms with E-state index in [1.165, 1.54) is 0 Å². The van der Waals surface area contributed by atoms with Crippen molar-refractivity contribution in [3.05, 3.63) is 29.8 Å². The Labute approximate surface area is 114 Å². The molecule has 0 saturated carbocycles. The molecule has 1 aliphatic rings. The van der Waals surface area contributed by atoms with Crippen molar-refractivity contribution in [2.45, 2.75) is 26.4 Å². The predicted octanol–water partition coefficient (Wildman–Crippen LogP) is 1.70. The average Bonchev–Trinajstić information content (AvgIpc) is 2.82. The Morgan fingerprint density at radius 1 is 1.42 bits per heavy atom. The molecule has 1 fully saturated rings. The fourth-order valence-electron chi connectivity index (χ4n) is 2.63. The van der Waals surface area contributed by atoms with Crippen molar-refractivity contribution in [3.8, 4) is 0 Å². The second kappa shape index (κ2) is 5.21. The van der Waals surface area contributed by atoms with Gasteiger partial charge in [0, 0.05) is 25.8 Å². The van der Waals surface area contributed by atoms with Crippen LogP contribution in [0.2, 0.25) is 0 Å². The largest absolute Gasteiger partial charge is 0.389 e. The molecule has 0 spiro atoms. The summed E-state index contributed by atoms with van der Waals surface area (Å²) in [4.78, 5) is 14.1. The molecule has 2 rings (SSSR count). The molecule has 0 bridgehead atoms. The molecule has 1 aromatic carbocycles. The molecule has 19 heavy (non-hydrogen) atoms. The van der Waals surface area contributed by atoms with Crippen molar-refractivity contribution < 1.29 is 9.90 Å². The second-order valence-corrected chi connectivity index (χ2v) is 5.58. The minimum absolute atomic E-state index is 0.107. The molecule has 1 amide bonds. The molecule has 0 radical (unpaired) electrons. The molecule has 1 saturated heterocycles. The highest BCUT2D eigenvalue weighted by atomic mass is 16.3. The lowest BCUT2D eigenvalue weighted by Crippen LogP contribution is -2.39. The first-order valence-electron chi connectivity index (χ1n) is 6.71. The van der Waals surface area contributed by atoms with Crippen LogP contribution in [0.3, 0.4) is 0 Å². The minimum atomic E-state index is -0.441. The zero-order chi connectivity index (χ0) is 14.0. The zero-order valence-corrected chi connectivity index (χ0v) is 11.8. The van der Waals surface area contributed by atoms with E-state index < -0.39 is 6.10 Å². The van der Waals surface area contributed by atoms with Gasteiger partial charge in [-0.25, -0.2) is 0 Å². The summed E-state index contributed by atoms with van der Waals surface area (Å²) in [5.41, 5.74) is 1.71. The highest BCUT2D eigenvalue weighted by Gasteiger charge is 2.39. The van der Waals surface area contributed by atoms with Crippen LogP contribution in [-0.4, -0.2) is 31.2 Å². The lowest BCUT2D eigenvalue weighted by Gasteiger charge is -2.24.